The van der Waals surface area contributed by atoms with Crippen molar-refractivity contribution in [1.82, 2.24) is 9.97 Å². The highest BCUT2D eigenvalue weighted by Crippen LogP contribution is 2.32. The lowest BCUT2D eigenvalue weighted by molar-refractivity contribution is -0.169. The predicted molar refractivity (Wildman–Crippen MR) is 104 cm³/mol. The van der Waals surface area contributed by atoms with Crippen LogP contribution in [0.1, 0.15) is 26.7 Å². The van der Waals surface area contributed by atoms with Crippen molar-refractivity contribution in [1.29, 1.82) is 0 Å². The molecule has 0 amide bonds. The molecule has 0 saturated carbocycles. The first-order valence-corrected chi connectivity index (χ1v) is 9.52. The molecular weight excluding hydrogens is 344 g/mol. The van der Waals surface area contributed by atoms with Crippen LogP contribution in [-0.4, -0.2) is 48.2 Å². The maximum absolute atomic E-state index is 5.79. The number of nitrogens with one attached hydrogen (secondary N) is 1. The third-order valence-electron chi connectivity index (χ3n) is 4.76. The molecule has 1 N–H and O–H groups in total. The molecule has 0 aliphatic carbocycles. The van der Waals surface area contributed by atoms with Crippen LogP contribution in [0.25, 0.3) is 0 Å². The lowest BCUT2D eigenvalue weighted by atomic mass is 10.0. The number of piperidine rings is 1. The molecule has 144 valence electrons. The normalized spacial score (nSPS) is 18.9. The van der Waals surface area contributed by atoms with Crippen LogP contribution in [0.3, 0.4) is 0 Å². The van der Waals surface area contributed by atoms with E-state index in [2.05, 4.69) is 20.2 Å². The summed E-state index contributed by atoms with van der Waals surface area (Å²) in [5, 5.41) is 3.33. The Kier molecular flexibility index (Phi) is 5.13. The van der Waals surface area contributed by atoms with E-state index in [0.29, 0.717) is 13.2 Å². The molecule has 0 bridgehead atoms. The van der Waals surface area contributed by atoms with Crippen molar-refractivity contribution in [3.63, 3.8) is 0 Å². The van der Waals surface area contributed by atoms with Gasteiger partial charge in [-0.1, -0.05) is 0 Å². The van der Waals surface area contributed by atoms with E-state index in [1.807, 2.05) is 44.2 Å². The zero-order valence-electron chi connectivity index (χ0n) is 15.9. The quantitative estimate of drug-likeness (QED) is 0.865. The highest BCUT2D eigenvalue weighted by atomic mass is 16.7. The number of aromatic nitrogens is 2. The minimum absolute atomic E-state index is 0.164. The Bertz CT molecular complexity index is 750. The summed E-state index contributed by atoms with van der Waals surface area (Å²) in [6.07, 6.45) is 3.63. The Hall–Kier alpha value is -2.38. The molecule has 4 rings (SSSR count). The summed E-state index contributed by atoms with van der Waals surface area (Å²) in [6.45, 7) is 7.06. The average molecular weight is 370 g/mol. The van der Waals surface area contributed by atoms with Gasteiger partial charge in [-0.3, -0.25) is 0 Å². The van der Waals surface area contributed by atoms with Gasteiger partial charge >= 0.3 is 0 Å². The molecule has 2 fully saturated rings. The maximum Gasteiger partial charge on any atom is 0.227 e. The number of benzene rings is 1. The molecule has 3 heterocycles. The van der Waals surface area contributed by atoms with E-state index in [4.69, 9.17) is 14.2 Å². The molecule has 0 atom stereocenters. The minimum atomic E-state index is -0.383. The topological polar surface area (TPSA) is 68.7 Å². The van der Waals surface area contributed by atoms with E-state index in [1.54, 1.807) is 6.20 Å². The monoisotopic (exact) mass is 370 g/mol. The Morgan fingerprint density at radius 3 is 2.44 bits per heavy atom. The lowest BCUT2D eigenvalue weighted by Gasteiger charge is -2.37. The Labute approximate surface area is 159 Å². The Balaban J connectivity index is 1.39. The largest absolute Gasteiger partial charge is 0.491 e. The number of ether oxygens (including phenoxy) is 3. The molecule has 27 heavy (non-hydrogen) atoms. The molecule has 2 saturated heterocycles. The summed E-state index contributed by atoms with van der Waals surface area (Å²) >= 11 is 0. The molecule has 1 aromatic heterocycles. The van der Waals surface area contributed by atoms with Crippen molar-refractivity contribution in [3.8, 4) is 5.75 Å². The number of anilines is 3. The summed E-state index contributed by atoms with van der Waals surface area (Å²) in [5.74, 6) is 1.97. The van der Waals surface area contributed by atoms with Crippen molar-refractivity contribution in [2.45, 2.75) is 38.6 Å². The van der Waals surface area contributed by atoms with Gasteiger partial charge in [0.15, 0.2) is 5.79 Å². The van der Waals surface area contributed by atoms with E-state index in [9.17, 15) is 0 Å². The molecule has 7 heteroatoms. The zero-order chi connectivity index (χ0) is 18.7. The van der Waals surface area contributed by atoms with Crippen molar-refractivity contribution >= 4 is 17.5 Å². The van der Waals surface area contributed by atoms with Crippen molar-refractivity contribution in [2.75, 3.05) is 36.5 Å². The van der Waals surface area contributed by atoms with Crippen LogP contribution >= 0.6 is 0 Å². The molecule has 2 aliphatic rings. The van der Waals surface area contributed by atoms with Crippen LogP contribution in [-0.2, 0) is 9.47 Å². The molecule has 0 radical (unpaired) electrons. The van der Waals surface area contributed by atoms with Gasteiger partial charge in [0, 0.05) is 37.8 Å². The summed E-state index contributed by atoms with van der Waals surface area (Å²) in [4.78, 5) is 11.3. The van der Waals surface area contributed by atoms with Gasteiger partial charge in [-0.15, -0.1) is 0 Å². The number of hydrogen-bond donors (Lipinski definition) is 1. The molecule has 0 unspecified atom stereocenters. The third kappa shape index (κ3) is 4.31. The standard InChI is InChI=1S/C20H26N4O3/c1-15(2)27-17-5-3-16(4-6-17)22-18-7-10-21-19(23-18)24-11-8-20(9-12-24)25-13-14-26-20/h3-7,10,15H,8-9,11-14H2,1-2H3,(H,21,22,23). The molecule has 2 aliphatic heterocycles. The second-order valence-corrected chi connectivity index (χ2v) is 7.15. The van der Waals surface area contributed by atoms with Crippen molar-refractivity contribution < 1.29 is 14.2 Å². The van der Waals surface area contributed by atoms with Gasteiger partial charge < -0.3 is 24.4 Å². The van der Waals surface area contributed by atoms with Gasteiger partial charge in [-0.2, -0.15) is 4.98 Å². The van der Waals surface area contributed by atoms with Crippen molar-refractivity contribution in [2.24, 2.45) is 0 Å². The first-order valence-electron chi connectivity index (χ1n) is 9.52. The Morgan fingerprint density at radius 2 is 1.78 bits per heavy atom. The highest BCUT2D eigenvalue weighted by molar-refractivity contribution is 5.58. The summed E-state index contributed by atoms with van der Waals surface area (Å²) < 4.78 is 17.3. The predicted octanol–water partition coefficient (Wildman–Crippen LogP) is 3.35. The highest BCUT2D eigenvalue weighted by Gasteiger charge is 2.40. The van der Waals surface area contributed by atoms with Crippen LogP contribution in [0.15, 0.2) is 36.5 Å². The van der Waals surface area contributed by atoms with Gasteiger partial charge in [0.1, 0.15) is 11.6 Å². The summed E-state index contributed by atoms with van der Waals surface area (Å²) in [6, 6.07) is 9.75. The SMILES string of the molecule is CC(C)Oc1ccc(Nc2ccnc(N3CCC4(CC3)OCCO4)n2)cc1. The van der Waals surface area contributed by atoms with Gasteiger partial charge in [0.2, 0.25) is 5.95 Å². The molecular formula is C20H26N4O3. The van der Waals surface area contributed by atoms with Gasteiger partial charge in [0.25, 0.3) is 0 Å². The first-order chi connectivity index (χ1) is 13.1. The minimum Gasteiger partial charge on any atom is -0.491 e. The summed E-state index contributed by atoms with van der Waals surface area (Å²) in [5.41, 5.74) is 0.959. The molecule has 1 aromatic carbocycles. The zero-order valence-corrected chi connectivity index (χ0v) is 15.9. The molecule has 2 aromatic rings. The van der Waals surface area contributed by atoms with E-state index >= 15 is 0 Å². The van der Waals surface area contributed by atoms with Crippen LogP contribution in [0.2, 0.25) is 0 Å². The lowest BCUT2D eigenvalue weighted by Crippen LogP contribution is -2.45. The second kappa shape index (κ2) is 7.70. The van der Waals surface area contributed by atoms with Crippen LogP contribution < -0.4 is 15.0 Å². The number of hydrogen-bond acceptors (Lipinski definition) is 7. The fourth-order valence-electron chi connectivity index (χ4n) is 3.44. The molecule has 1 spiro atoms. The first kappa shape index (κ1) is 18.0. The maximum atomic E-state index is 5.79. The van der Waals surface area contributed by atoms with E-state index in [1.165, 1.54) is 0 Å². The molecule has 7 nitrogen and oxygen atoms in total. The fourth-order valence-corrected chi connectivity index (χ4v) is 3.44. The van der Waals surface area contributed by atoms with E-state index in [0.717, 1.165) is 49.1 Å². The third-order valence-corrected chi connectivity index (χ3v) is 4.76. The fraction of sp³-hybridized carbons (Fsp3) is 0.500. The van der Waals surface area contributed by atoms with Crippen LogP contribution in [0, 0.1) is 0 Å². The van der Waals surface area contributed by atoms with Gasteiger partial charge in [-0.05, 0) is 44.2 Å². The number of rotatable bonds is 5. The number of nitrogens with zero attached hydrogens (tertiary/aromatic N) is 3. The summed E-state index contributed by atoms with van der Waals surface area (Å²) in [7, 11) is 0. The van der Waals surface area contributed by atoms with Crippen LogP contribution in [0.5, 0.6) is 5.75 Å². The Morgan fingerprint density at radius 1 is 1.07 bits per heavy atom. The second-order valence-electron chi connectivity index (χ2n) is 7.15. The average Bonchev–Trinajstić information content (AvgIpc) is 3.12. The van der Waals surface area contributed by atoms with E-state index < -0.39 is 0 Å². The van der Waals surface area contributed by atoms with Crippen molar-refractivity contribution in [3.05, 3.63) is 36.5 Å². The van der Waals surface area contributed by atoms with Gasteiger partial charge in [0.05, 0.1) is 19.3 Å². The van der Waals surface area contributed by atoms with Crippen LogP contribution in [0.4, 0.5) is 17.5 Å². The van der Waals surface area contributed by atoms with Gasteiger partial charge in [-0.25, -0.2) is 4.98 Å². The van der Waals surface area contributed by atoms with E-state index in [-0.39, 0.29) is 11.9 Å². The smallest absolute Gasteiger partial charge is 0.227 e.